The molecule has 0 saturated carbocycles. The standard InChI is InChI=1S/C27H32N4O4/c1-17-12-28-13-18(2)30(17)14-19-6-8-20(9-7-19)16-35-24-5-3-4-21-22(24)15-31(27(21)34)23-10-11-25(32)29-26(23)33/h3-9,17-18,23,28H,10-16H2,1-2H3,(H,29,32,33)/t17-,18+,23?. The van der Waals surface area contributed by atoms with Crippen molar-refractivity contribution in [3.63, 3.8) is 0 Å². The second-order valence-corrected chi connectivity index (χ2v) is 9.82. The Kier molecular flexibility index (Phi) is 6.58. The number of piperidine rings is 1. The lowest BCUT2D eigenvalue weighted by Gasteiger charge is -2.39. The predicted molar refractivity (Wildman–Crippen MR) is 131 cm³/mol. The molecule has 2 saturated heterocycles. The van der Waals surface area contributed by atoms with E-state index in [1.807, 2.05) is 6.07 Å². The maximum absolute atomic E-state index is 13.0. The Morgan fingerprint density at radius 3 is 2.40 bits per heavy atom. The largest absolute Gasteiger partial charge is 0.489 e. The molecule has 2 aromatic carbocycles. The van der Waals surface area contributed by atoms with Crippen LogP contribution in [0.3, 0.4) is 0 Å². The summed E-state index contributed by atoms with van der Waals surface area (Å²) in [6, 6.07) is 14.3. The van der Waals surface area contributed by atoms with Crippen molar-refractivity contribution in [1.82, 2.24) is 20.4 Å². The maximum atomic E-state index is 13.0. The summed E-state index contributed by atoms with van der Waals surface area (Å²) in [4.78, 5) is 40.9. The Bertz CT molecular complexity index is 1120. The van der Waals surface area contributed by atoms with Crippen LogP contribution >= 0.6 is 0 Å². The summed E-state index contributed by atoms with van der Waals surface area (Å²) < 4.78 is 6.13. The fraction of sp³-hybridized carbons (Fsp3) is 0.444. The van der Waals surface area contributed by atoms with E-state index in [2.05, 4.69) is 53.6 Å². The number of ether oxygens (including phenoxy) is 1. The molecule has 3 atom stereocenters. The number of nitrogens with zero attached hydrogens (tertiary/aromatic N) is 2. The normalized spacial score (nSPS) is 24.9. The van der Waals surface area contributed by atoms with Crippen LogP contribution in [0.15, 0.2) is 42.5 Å². The summed E-state index contributed by atoms with van der Waals surface area (Å²) in [7, 11) is 0. The van der Waals surface area contributed by atoms with E-state index in [4.69, 9.17) is 4.74 Å². The van der Waals surface area contributed by atoms with Gasteiger partial charge in [-0.25, -0.2) is 0 Å². The average molecular weight is 477 g/mol. The van der Waals surface area contributed by atoms with Gasteiger partial charge in [-0.1, -0.05) is 30.3 Å². The fourth-order valence-electron chi connectivity index (χ4n) is 5.29. The van der Waals surface area contributed by atoms with Crippen molar-refractivity contribution in [2.24, 2.45) is 0 Å². The molecule has 2 fully saturated rings. The molecular formula is C27H32N4O4. The molecule has 3 aliphatic heterocycles. The molecule has 0 spiro atoms. The molecule has 35 heavy (non-hydrogen) atoms. The molecule has 0 aliphatic carbocycles. The van der Waals surface area contributed by atoms with Gasteiger partial charge in [0.2, 0.25) is 11.8 Å². The quantitative estimate of drug-likeness (QED) is 0.622. The molecule has 0 radical (unpaired) electrons. The van der Waals surface area contributed by atoms with Gasteiger partial charge in [-0.2, -0.15) is 0 Å². The maximum Gasteiger partial charge on any atom is 0.255 e. The number of carbonyl (C=O) groups is 3. The molecule has 0 bridgehead atoms. The van der Waals surface area contributed by atoms with E-state index in [0.717, 1.165) is 30.8 Å². The molecule has 3 aliphatic rings. The monoisotopic (exact) mass is 476 g/mol. The van der Waals surface area contributed by atoms with Crippen LogP contribution in [0.1, 0.15) is 53.7 Å². The summed E-state index contributed by atoms with van der Waals surface area (Å²) in [6.07, 6.45) is 0.584. The zero-order valence-electron chi connectivity index (χ0n) is 20.3. The Morgan fingerprint density at radius 2 is 1.69 bits per heavy atom. The number of hydrogen-bond donors (Lipinski definition) is 2. The minimum absolute atomic E-state index is 0.194. The van der Waals surface area contributed by atoms with Gasteiger partial charge in [-0.15, -0.1) is 0 Å². The number of benzene rings is 2. The van der Waals surface area contributed by atoms with Crippen LogP contribution in [-0.4, -0.2) is 58.7 Å². The summed E-state index contributed by atoms with van der Waals surface area (Å²) in [5.74, 6) is -0.240. The van der Waals surface area contributed by atoms with Gasteiger partial charge in [0.1, 0.15) is 18.4 Å². The van der Waals surface area contributed by atoms with Crippen LogP contribution in [-0.2, 0) is 29.3 Å². The van der Waals surface area contributed by atoms with E-state index in [1.165, 1.54) is 5.56 Å². The van der Waals surface area contributed by atoms with E-state index in [0.29, 0.717) is 43.0 Å². The van der Waals surface area contributed by atoms with Crippen molar-refractivity contribution >= 4 is 17.7 Å². The SMILES string of the molecule is C[C@@H]1CNC[C@H](C)N1Cc1ccc(COc2cccc3c2CN(C2CCC(=O)NC2=O)C3=O)cc1. The first-order valence-electron chi connectivity index (χ1n) is 12.3. The summed E-state index contributed by atoms with van der Waals surface area (Å²) in [5.41, 5.74) is 3.68. The third-order valence-electron chi connectivity index (χ3n) is 7.33. The molecular weight excluding hydrogens is 444 g/mol. The van der Waals surface area contributed by atoms with Crippen molar-refractivity contribution < 1.29 is 19.1 Å². The van der Waals surface area contributed by atoms with Gasteiger partial charge in [-0.05, 0) is 43.5 Å². The zero-order chi connectivity index (χ0) is 24.5. The molecule has 184 valence electrons. The van der Waals surface area contributed by atoms with Crippen LogP contribution in [0.25, 0.3) is 0 Å². The Morgan fingerprint density at radius 1 is 0.971 bits per heavy atom. The van der Waals surface area contributed by atoms with Crippen LogP contribution in [0.5, 0.6) is 5.75 Å². The van der Waals surface area contributed by atoms with E-state index in [1.54, 1.807) is 17.0 Å². The van der Waals surface area contributed by atoms with Crippen molar-refractivity contribution in [2.75, 3.05) is 13.1 Å². The lowest BCUT2D eigenvalue weighted by atomic mass is 10.0. The fourth-order valence-corrected chi connectivity index (χ4v) is 5.29. The number of nitrogens with one attached hydrogen (secondary N) is 2. The van der Waals surface area contributed by atoms with E-state index in [9.17, 15) is 14.4 Å². The summed E-state index contributed by atoms with van der Waals surface area (Å²) >= 11 is 0. The van der Waals surface area contributed by atoms with Crippen LogP contribution in [0.4, 0.5) is 0 Å². The van der Waals surface area contributed by atoms with Crippen molar-refractivity contribution in [3.05, 3.63) is 64.7 Å². The van der Waals surface area contributed by atoms with Gasteiger partial charge < -0.3 is 15.0 Å². The molecule has 3 amide bonds. The molecule has 1 unspecified atom stereocenters. The van der Waals surface area contributed by atoms with Crippen molar-refractivity contribution in [2.45, 2.75) is 64.5 Å². The summed E-state index contributed by atoms with van der Waals surface area (Å²) in [6.45, 7) is 8.17. The van der Waals surface area contributed by atoms with Gasteiger partial charge >= 0.3 is 0 Å². The number of rotatable bonds is 6. The highest BCUT2D eigenvalue weighted by molar-refractivity contribution is 6.05. The van der Waals surface area contributed by atoms with Gasteiger partial charge in [0.25, 0.3) is 5.91 Å². The molecule has 0 aromatic heterocycles. The van der Waals surface area contributed by atoms with Gasteiger partial charge in [-0.3, -0.25) is 24.6 Å². The topological polar surface area (TPSA) is 91.0 Å². The first-order chi connectivity index (χ1) is 16.9. The van der Waals surface area contributed by atoms with E-state index in [-0.39, 0.29) is 18.2 Å². The van der Waals surface area contributed by atoms with Crippen LogP contribution in [0.2, 0.25) is 0 Å². The Labute approximate surface area is 205 Å². The number of imide groups is 1. The molecule has 3 heterocycles. The van der Waals surface area contributed by atoms with Crippen molar-refractivity contribution in [3.8, 4) is 5.75 Å². The Hall–Kier alpha value is -3.23. The highest BCUT2D eigenvalue weighted by Crippen LogP contribution is 2.34. The molecule has 8 nitrogen and oxygen atoms in total. The highest BCUT2D eigenvalue weighted by atomic mass is 16.5. The minimum Gasteiger partial charge on any atom is -0.489 e. The smallest absolute Gasteiger partial charge is 0.255 e. The minimum atomic E-state index is -0.630. The number of fused-ring (bicyclic) bond motifs is 1. The lowest BCUT2D eigenvalue weighted by Crippen LogP contribution is -2.54. The first-order valence-corrected chi connectivity index (χ1v) is 12.3. The second-order valence-electron chi connectivity index (χ2n) is 9.82. The first kappa shape index (κ1) is 23.5. The zero-order valence-corrected chi connectivity index (χ0v) is 20.3. The Balaban J connectivity index is 1.23. The number of amides is 3. The van der Waals surface area contributed by atoms with Gasteiger partial charge in [0.15, 0.2) is 0 Å². The number of piperazine rings is 1. The van der Waals surface area contributed by atoms with Crippen LogP contribution < -0.4 is 15.4 Å². The molecule has 2 N–H and O–H groups in total. The van der Waals surface area contributed by atoms with E-state index < -0.39 is 11.9 Å². The van der Waals surface area contributed by atoms with Crippen molar-refractivity contribution in [1.29, 1.82) is 0 Å². The third-order valence-corrected chi connectivity index (χ3v) is 7.33. The highest BCUT2D eigenvalue weighted by Gasteiger charge is 2.40. The van der Waals surface area contributed by atoms with Crippen LogP contribution in [0, 0.1) is 0 Å². The second kappa shape index (κ2) is 9.79. The lowest BCUT2D eigenvalue weighted by molar-refractivity contribution is -0.136. The van der Waals surface area contributed by atoms with Gasteiger partial charge in [0, 0.05) is 49.3 Å². The van der Waals surface area contributed by atoms with E-state index >= 15 is 0 Å². The third kappa shape index (κ3) is 4.81. The average Bonchev–Trinajstić information content (AvgIpc) is 3.18. The predicted octanol–water partition coefficient (Wildman–Crippen LogP) is 2.21. The summed E-state index contributed by atoms with van der Waals surface area (Å²) in [5, 5.41) is 5.81. The molecule has 2 aromatic rings. The van der Waals surface area contributed by atoms with Gasteiger partial charge in [0.05, 0.1) is 6.54 Å². The number of hydrogen-bond acceptors (Lipinski definition) is 6. The molecule has 5 rings (SSSR count). The molecule has 8 heteroatoms. The number of carbonyl (C=O) groups excluding carboxylic acids is 3.